The van der Waals surface area contributed by atoms with E-state index in [2.05, 4.69) is 20.9 Å². The van der Waals surface area contributed by atoms with Crippen LogP contribution in [-0.2, 0) is 19.6 Å². The number of aromatic nitrogens is 2. The number of nitrogens with zero attached hydrogens (tertiary/aromatic N) is 3. The lowest BCUT2D eigenvalue weighted by molar-refractivity contribution is -0.134. The minimum absolute atomic E-state index is 0.0136. The molecule has 1 heterocycles. The molecule has 1 aromatic heterocycles. The van der Waals surface area contributed by atoms with Gasteiger partial charge in [0.2, 0.25) is 21.5 Å². The molecule has 1 amide bonds. The van der Waals surface area contributed by atoms with Crippen molar-refractivity contribution in [2.75, 3.05) is 17.3 Å². The van der Waals surface area contributed by atoms with Crippen molar-refractivity contribution in [3.05, 3.63) is 126 Å². The number of benzene rings is 4. The summed E-state index contributed by atoms with van der Waals surface area (Å²) in [5.74, 6) is -3.91. The number of anilines is 2. The number of nitrogens with two attached hydrogens (primary N) is 1. The standard InChI is InChI=1S/C34H28N6O8S/c1-2-48-34(45)29(31(41)22-12-7-4-8-13-22)38-37-24-14-9-15-25(20-24)40-30(21-10-5-3-6-11-21)27(33(43)44)28(39-40)32(42)36-23-16-18-26(19-17-23)49(35,46)47/h3-20,37H,2H2,1H3,(H,36,42)(H,43,44)(H2,35,46,47)/b38-29+. The third-order valence-electron chi connectivity index (χ3n) is 6.91. The summed E-state index contributed by atoms with van der Waals surface area (Å²) in [6.45, 7) is 1.61. The normalized spacial score (nSPS) is 11.4. The molecule has 4 aromatic carbocycles. The number of sulfonamides is 1. The average Bonchev–Trinajstić information content (AvgIpc) is 3.51. The molecule has 248 valence electrons. The highest BCUT2D eigenvalue weighted by atomic mass is 32.2. The Labute approximate surface area is 279 Å². The number of carboxylic acids is 1. The van der Waals surface area contributed by atoms with E-state index >= 15 is 0 Å². The Balaban J connectivity index is 1.56. The zero-order valence-corrected chi connectivity index (χ0v) is 26.5. The monoisotopic (exact) mass is 680 g/mol. The number of aromatic carboxylic acids is 1. The van der Waals surface area contributed by atoms with E-state index < -0.39 is 50.6 Å². The average molecular weight is 681 g/mol. The van der Waals surface area contributed by atoms with E-state index in [4.69, 9.17) is 9.88 Å². The Kier molecular flexibility index (Phi) is 10.1. The number of esters is 1. The van der Waals surface area contributed by atoms with Gasteiger partial charge in [0.05, 0.1) is 28.6 Å². The molecule has 15 heteroatoms. The van der Waals surface area contributed by atoms with Gasteiger partial charge in [0.25, 0.3) is 5.91 Å². The van der Waals surface area contributed by atoms with Crippen LogP contribution in [-0.4, -0.2) is 59.3 Å². The van der Waals surface area contributed by atoms with Gasteiger partial charge >= 0.3 is 11.9 Å². The fraction of sp³-hybridized carbons (Fsp3) is 0.0588. The number of hydrogen-bond acceptors (Lipinski definition) is 10. The van der Waals surface area contributed by atoms with Crippen molar-refractivity contribution in [1.82, 2.24) is 9.78 Å². The van der Waals surface area contributed by atoms with Gasteiger partial charge in [-0.05, 0) is 49.4 Å². The van der Waals surface area contributed by atoms with Gasteiger partial charge in [-0.25, -0.2) is 27.8 Å². The lowest BCUT2D eigenvalue weighted by Crippen LogP contribution is -2.27. The van der Waals surface area contributed by atoms with Crippen LogP contribution in [0.3, 0.4) is 0 Å². The Hall–Kier alpha value is -6.45. The first-order valence-corrected chi connectivity index (χ1v) is 16.1. The zero-order valence-electron chi connectivity index (χ0n) is 25.7. The molecule has 49 heavy (non-hydrogen) atoms. The predicted octanol–water partition coefficient (Wildman–Crippen LogP) is 4.35. The fourth-order valence-electron chi connectivity index (χ4n) is 4.69. The van der Waals surface area contributed by atoms with E-state index in [1.807, 2.05) is 0 Å². The molecule has 0 radical (unpaired) electrons. The fourth-order valence-corrected chi connectivity index (χ4v) is 5.21. The van der Waals surface area contributed by atoms with Gasteiger partial charge in [0.1, 0.15) is 5.56 Å². The summed E-state index contributed by atoms with van der Waals surface area (Å²) in [5.41, 5.74) is 2.84. The summed E-state index contributed by atoms with van der Waals surface area (Å²) in [5, 5.41) is 26.5. The smallest absolute Gasteiger partial charge is 0.362 e. The molecule has 5 N–H and O–H groups in total. The molecule has 0 aliphatic heterocycles. The summed E-state index contributed by atoms with van der Waals surface area (Å²) < 4.78 is 29.6. The number of carbonyl (C=O) groups is 4. The van der Waals surface area contributed by atoms with Crippen LogP contribution < -0.4 is 15.9 Å². The second-order valence-electron chi connectivity index (χ2n) is 10.2. The van der Waals surface area contributed by atoms with E-state index in [0.29, 0.717) is 11.3 Å². The number of rotatable bonds is 12. The lowest BCUT2D eigenvalue weighted by Gasteiger charge is -2.11. The molecule has 0 atom stereocenters. The maximum Gasteiger partial charge on any atom is 0.362 e. The summed E-state index contributed by atoms with van der Waals surface area (Å²) in [6.07, 6.45) is 0. The molecule has 14 nitrogen and oxygen atoms in total. The van der Waals surface area contributed by atoms with Gasteiger partial charge in [0.15, 0.2) is 5.69 Å². The Bertz CT molecular complexity index is 2180. The number of Topliss-reactive ketones (excluding diaryl/α,β-unsaturated/α-hetero) is 1. The molecule has 5 rings (SSSR count). The van der Waals surface area contributed by atoms with Gasteiger partial charge in [-0.15, -0.1) is 0 Å². The highest BCUT2D eigenvalue weighted by Crippen LogP contribution is 2.31. The number of carbonyl (C=O) groups excluding carboxylic acids is 3. The van der Waals surface area contributed by atoms with Crippen LogP contribution in [0.1, 0.15) is 38.1 Å². The van der Waals surface area contributed by atoms with E-state index in [1.165, 1.54) is 47.1 Å². The minimum atomic E-state index is -3.98. The number of ketones is 1. The second kappa shape index (κ2) is 14.5. The first kappa shape index (κ1) is 33.9. The SMILES string of the molecule is CCOC(=O)/C(=N/Nc1cccc(-n2nc(C(=O)Nc3ccc(S(N)(=O)=O)cc3)c(C(=O)O)c2-c2ccccc2)c1)C(=O)c1ccccc1. The number of amides is 1. The van der Waals surface area contributed by atoms with Crippen LogP contribution in [0, 0.1) is 0 Å². The third-order valence-corrected chi connectivity index (χ3v) is 7.84. The largest absolute Gasteiger partial charge is 0.478 e. The number of nitrogens with one attached hydrogen (secondary N) is 2. The van der Waals surface area contributed by atoms with Crippen molar-refractivity contribution in [3.8, 4) is 16.9 Å². The Morgan fingerprint density at radius 3 is 2.14 bits per heavy atom. The number of hydrazone groups is 1. The molecule has 0 unspecified atom stereocenters. The molecule has 0 bridgehead atoms. The maximum absolute atomic E-state index is 13.5. The Morgan fingerprint density at radius 1 is 0.878 bits per heavy atom. The van der Waals surface area contributed by atoms with Crippen LogP contribution >= 0.6 is 0 Å². The topological polar surface area (TPSA) is 212 Å². The summed E-state index contributed by atoms with van der Waals surface area (Å²) in [7, 11) is -3.98. The van der Waals surface area contributed by atoms with Gasteiger partial charge in [-0.3, -0.25) is 15.0 Å². The van der Waals surface area contributed by atoms with Crippen molar-refractivity contribution in [2.24, 2.45) is 10.2 Å². The molecule has 0 saturated heterocycles. The number of carboxylic acid groups (broad SMARTS) is 1. The van der Waals surface area contributed by atoms with Crippen LogP contribution in [0.25, 0.3) is 16.9 Å². The van der Waals surface area contributed by atoms with E-state index in [9.17, 15) is 32.7 Å². The zero-order chi connectivity index (χ0) is 35.1. The second-order valence-corrected chi connectivity index (χ2v) is 11.8. The highest BCUT2D eigenvalue weighted by molar-refractivity contribution is 7.89. The first-order valence-electron chi connectivity index (χ1n) is 14.5. The minimum Gasteiger partial charge on any atom is -0.478 e. The Morgan fingerprint density at radius 2 is 1.53 bits per heavy atom. The molecule has 5 aromatic rings. The quantitative estimate of drug-likeness (QED) is 0.0481. The van der Waals surface area contributed by atoms with Crippen molar-refractivity contribution < 1.29 is 37.4 Å². The molecule has 0 saturated carbocycles. The van der Waals surface area contributed by atoms with Crippen molar-refractivity contribution in [2.45, 2.75) is 11.8 Å². The van der Waals surface area contributed by atoms with E-state index in [1.54, 1.807) is 73.7 Å². The molecular weight excluding hydrogens is 652 g/mol. The number of ether oxygens (including phenoxy) is 1. The van der Waals surface area contributed by atoms with Crippen LogP contribution in [0.2, 0.25) is 0 Å². The summed E-state index contributed by atoms with van der Waals surface area (Å²) in [6, 6.07) is 27.8. The lowest BCUT2D eigenvalue weighted by atomic mass is 10.0. The van der Waals surface area contributed by atoms with E-state index in [-0.39, 0.29) is 34.1 Å². The number of hydrogen-bond donors (Lipinski definition) is 4. The van der Waals surface area contributed by atoms with Crippen molar-refractivity contribution >= 4 is 50.7 Å². The molecule has 0 spiro atoms. The number of primary sulfonamides is 1. The third kappa shape index (κ3) is 7.75. The summed E-state index contributed by atoms with van der Waals surface area (Å²) >= 11 is 0. The van der Waals surface area contributed by atoms with Gasteiger partial charge in [-0.2, -0.15) is 10.2 Å². The van der Waals surface area contributed by atoms with Crippen LogP contribution in [0.4, 0.5) is 11.4 Å². The molecule has 0 fully saturated rings. The molecule has 0 aliphatic carbocycles. The summed E-state index contributed by atoms with van der Waals surface area (Å²) in [4.78, 5) is 51.8. The first-order chi connectivity index (χ1) is 23.5. The maximum atomic E-state index is 13.5. The van der Waals surface area contributed by atoms with Gasteiger partial charge in [0, 0.05) is 16.8 Å². The molecule has 0 aliphatic rings. The van der Waals surface area contributed by atoms with Crippen molar-refractivity contribution in [1.29, 1.82) is 0 Å². The van der Waals surface area contributed by atoms with Crippen molar-refractivity contribution in [3.63, 3.8) is 0 Å². The van der Waals surface area contributed by atoms with Gasteiger partial charge < -0.3 is 15.2 Å². The van der Waals surface area contributed by atoms with E-state index in [0.717, 1.165) is 0 Å². The van der Waals surface area contributed by atoms with Crippen LogP contribution in [0.5, 0.6) is 0 Å². The highest BCUT2D eigenvalue weighted by Gasteiger charge is 2.30. The predicted molar refractivity (Wildman–Crippen MR) is 180 cm³/mol. The van der Waals surface area contributed by atoms with Crippen LogP contribution in [0.15, 0.2) is 119 Å². The van der Waals surface area contributed by atoms with Gasteiger partial charge in [-0.1, -0.05) is 66.7 Å². The molecular formula is C34H28N6O8S.